The lowest BCUT2D eigenvalue weighted by Gasteiger charge is -2.32. The molecule has 10 nitrogen and oxygen atoms in total. The molecule has 0 aliphatic carbocycles. The van der Waals surface area contributed by atoms with Crippen molar-refractivity contribution in [1.29, 1.82) is 0 Å². The first-order valence-electron chi connectivity index (χ1n) is 11.9. The Morgan fingerprint density at radius 3 is 2.67 bits per heavy atom. The van der Waals surface area contributed by atoms with Crippen molar-refractivity contribution >= 4 is 17.5 Å². The molecule has 0 bridgehead atoms. The number of carbonyl (C=O) groups excluding carboxylic acids is 1. The van der Waals surface area contributed by atoms with Crippen LogP contribution in [0.15, 0.2) is 54.9 Å². The maximum absolute atomic E-state index is 13.1. The number of ether oxygens (including phenoxy) is 1. The summed E-state index contributed by atoms with van der Waals surface area (Å²) in [6.45, 7) is 5.27. The van der Waals surface area contributed by atoms with Crippen LogP contribution in [0.3, 0.4) is 0 Å². The van der Waals surface area contributed by atoms with Crippen molar-refractivity contribution < 1.29 is 9.53 Å². The lowest BCUT2D eigenvalue weighted by atomic mass is 9.97. The van der Waals surface area contributed by atoms with E-state index in [1.807, 2.05) is 56.3 Å². The Labute approximate surface area is 209 Å². The molecule has 1 N–H and O–H groups in total. The molecular formula is C26H28N8O2. The quantitative estimate of drug-likeness (QED) is 0.442. The molecule has 36 heavy (non-hydrogen) atoms. The van der Waals surface area contributed by atoms with E-state index in [0.29, 0.717) is 18.2 Å². The van der Waals surface area contributed by atoms with E-state index in [0.717, 1.165) is 53.6 Å². The van der Waals surface area contributed by atoms with Crippen molar-refractivity contribution in [3.05, 3.63) is 66.2 Å². The van der Waals surface area contributed by atoms with Gasteiger partial charge in [0.1, 0.15) is 17.9 Å². The summed E-state index contributed by atoms with van der Waals surface area (Å²) in [5.74, 6) is 2.30. The average Bonchev–Trinajstić information content (AvgIpc) is 3.26. The first-order chi connectivity index (χ1) is 17.5. The third-order valence-corrected chi connectivity index (χ3v) is 6.28. The summed E-state index contributed by atoms with van der Waals surface area (Å²) >= 11 is 0. The molecule has 1 amide bonds. The van der Waals surface area contributed by atoms with Gasteiger partial charge in [0.15, 0.2) is 11.6 Å². The lowest BCUT2D eigenvalue weighted by Crippen LogP contribution is -2.41. The maximum Gasteiger partial charge on any atom is 0.230 e. The van der Waals surface area contributed by atoms with E-state index in [2.05, 4.69) is 35.5 Å². The van der Waals surface area contributed by atoms with Gasteiger partial charge in [0, 0.05) is 30.4 Å². The highest BCUT2D eigenvalue weighted by atomic mass is 16.5. The van der Waals surface area contributed by atoms with E-state index in [9.17, 15) is 4.79 Å². The number of hydrogen-bond donors (Lipinski definition) is 1. The summed E-state index contributed by atoms with van der Waals surface area (Å²) in [7, 11) is 1.64. The third-order valence-electron chi connectivity index (χ3n) is 6.28. The number of methoxy groups -OCH3 is 1. The van der Waals surface area contributed by atoms with Crippen LogP contribution in [-0.2, 0) is 4.79 Å². The number of amides is 1. The van der Waals surface area contributed by atoms with E-state index in [-0.39, 0.29) is 11.8 Å². The van der Waals surface area contributed by atoms with Gasteiger partial charge in [-0.25, -0.2) is 14.6 Å². The second kappa shape index (κ2) is 10.1. The number of aromatic nitrogens is 6. The molecule has 1 fully saturated rings. The number of para-hydroxylation sites is 1. The van der Waals surface area contributed by atoms with E-state index < -0.39 is 0 Å². The minimum atomic E-state index is -0.193. The summed E-state index contributed by atoms with van der Waals surface area (Å²) in [6.07, 6.45) is 3.12. The molecule has 10 heteroatoms. The lowest BCUT2D eigenvalue weighted by molar-refractivity contribution is -0.120. The zero-order chi connectivity index (χ0) is 25.1. The van der Waals surface area contributed by atoms with Crippen molar-refractivity contribution in [2.45, 2.75) is 26.7 Å². The largest absolute Gasteiger partial charge is 0.496 e. The highest BCUT2D eigenvalue weighted by Gasteiger charge is 2.27. The van der Waals surface area contributed by atoms with Crippen LogP contribution in [0.2, 0.25) is 0 Å². The summed E-state index contributed by atoms with van der Waals surface area (Å²) in [5.41, 5.74) is 3.49. The predicted octanol–water partition coefficient (Wildman–Crippen LogP) is 3.60. The van der Waals surface area contributed by atoms with Gasteiger partial charge in [0.25, 0.3) is 0 Å². The summed E-state index contributed by atoms with van der Waals surface area (Å²) in [6, 6.07) is 15.3. The second-order valence-electron chi connectivity index (χ2n) is 8.85. The van der Waals surface area contributed by atoms with Crippen molar-refractivity contribution in [3.8, 4) is 22.8 Å². The number of rotatable bonds is 6. The normalized spacial score (nSPS) is 15.5. The molecule has 1 unspecified atom stereocenters. The first kappa shape index (κ1) is 23.4. The third kappa shape index (κ3) is 4.88. The number of nitrogens with zero attached hydrogens (tertiary/aromatic N) is 7. The molecule has 0 saturated carbocycles. The van der Waals surface area contributed by atoms with Crippen LogP contribution in [0.5, 0.6) is 5.75 Å². The van der Waals surface area contributed by atoms with E-state index in [1.165, 1.54) is 6.33 Å². The van der Waals surface area contributed by atoms with Crippen molar-refractivity contribution in [3.63, 3.8) is 0 Å². The maximum atomic E-state index is 13.1. The molecule has 0 spiro atoms. The van der Waals surface area contributed by atoms with Crippen molar-refractivity contribution in [2.75, 3.05) is 30.4 Å². The number of aryl methyl sites for hydroxylation is 2. The number of nitrogens with one attached hydrogen (secondary N) is 1. The fourth-order valence-electron chi connectivity index (χ4n) is 4.51. The SMILES string of the molecule is COc1ccccc1-c1ccc(N2CCCC(C(=O)Nc3cc(-n4nc(C)cc4C)ncn3)C2)nn1. The summed E-state index contributed by atoms with van der Waals surface area (Å²) in [5, 5.41) is 16.3. The number of anilines is 2. The summed E-state index contributed by atoms with van der Waals surface area (Å²) < 4.78 is 7.18. The van der Waals surface area contributed by atoms with Crippen LogP contribution in [0.4, 0.5) is 11.6 Å². The molecule has 1 aromatic carbocycles. The number of hydrogen-bond acceptors (Lipinski definition) is 8. The predicted molar refractivity (Wildman–Crippen MR) is 136 cm³/mol. The topological polar surface area (TPSA) is 111 Å². The van der Waals surface area contributed by atoms with Crippen molar-refractivity contribution in [1.82, 2.24) is 29.9 Å². The van der Waals surface area contributed by atoms with Gasteiger partial charge in [-0.3, -0.25) is 4.79 Å². The second-order valence-corrected chi connectivity index (χ2v) is 8.85. The molecule has 1 atom stereocenters. The monoisotopic (exact) mass is 484 g/mol. The molecule has 0 radical (unpaired) electrons. The Bertz CT molecular complexity index is 1370. The van der Waals surface area contributed by atoms with Crippen LogP contribution in [0.1, 0.15) is 24.2 Å². The average molecular weight is 485 g/mol. The molecule has 1 saturated heterocycles. The zero-order valence-electron chi connectivity index (χ0n) is 20.5. The minimum Gasteiger partial charge on any atom is -0.496 e. The van der Waals surface area contributed by atoms with E-state index in [1.54, 1.807) is 17.9 Å². The van der Waals surface area contributed by atoms with Crippen molar-refractivity contribution in [2.24, 2.45) is 5.92 Å². The first-order valence-corrected chi connectivity index (χ1v) is 11.9. The van der Waals surface area contributed by atoms with Gasteiger partial charge in [-0.05, 0) is 57.0 Å². The van der Waals surface area contributed by atoms with Crippen LogP contribution in [0.25, 0.3) is 17.1 Å². The molecule has 3 aromatic heterocycles. The molecule has 4 aromatic rings. The molecule has 5 rings (SSSR count). The van der Waals surface area contributed by atoms with Gasteiger partial charge in [0.05, 0.1) is 24.4 Å². The van der Waals surface area contributed by atoms with E-state index in [4.69, 9.17) is 4.74 Å². The van der Waals surface area contributed by atoms with Gasteiger partial charge in [-0.15, -0.1) is 10.2 Å². The van der Waals surface area contributed by atoms with Crippen LogP contribution in [0, 0.1) is 19.8 Å². The highest BCUT2D eigenvalue weighted by Crippen LogP contribution is 2.29. The van der Waals surface area contributed by atoms with Gasteiger partial charge in [-0.2, -0.15) is 5.10 Å². The van der Waals surface area contributed by atoms with Gasteiger partial charge >= 0.3 is 0 Å². The minimum absolute atomic E-state index is 0.0729. The van der Waals surface area contributed by atoms with Gasteiger partial charge < -0.3 is 15.0 Å². The fraction of sp³-hybridized carbons (Fsp3) is 0.308. The Kier molecular flexibility index (Phi) is 6.57. The van der Waals surface area contributed by atoms with Gasteiger partial charge in [0.2, 0.25) is 5.91 Å². The Hall–Kier alpha value is -4.34. The zero-order valence-corrected chi connectivity index (χ0v) is 20.5. The number of benzene rings is 1. The standard InChI is InChI=1S/C26H28N8O2/c1-17-13-18(2)34(32-17)25-14-23(27-16-28-25)29-26(35)19-7-6-12-33(15-19)24-11-10-21(30-31-24)20-8-4-5-9-22(20)36-3/h4-5,8-11,13-14,16,19H,6-7,12,15H2,1-3H3,(H,27,28,29,35). The molecule has 184 valence electrons. The smallest absolute Gasteiger partial charge is 0.230 e. The van der Waals surface area contributed by atoms with Crippen LogP contribution >= 0.6 is 0 Å². The molecule has 4 heterocycles. The van der Waals surface area contributed by atoms with Crippen LogP contribution < -0.4 is 15.0 Å². The molecule has 1 aliphatic rings. The Morgan fingerprint density at radius 1 is 1.06 bits per heavy atom. The number of carbonyl (C=O) groups is 1. The van der Waals surface area contributed by atoms with E-state index >= 15 is 0 Å². The Morgan fingerprint density at radius 2 is 1.92 bits per heavy atom. The molecular weight excluding hydrogens is 456 g/mol. The Balaban J connectivity index is 1.26. The van der Waals surface area contributed by atoms with Gasteiger partial charge in [-0.1, -0.05) is 12.1 Å². The fourth-order valence-corrected chi connectivity index (χ4v) is 4.51. The molecule has 1 aliphatic heterocycles. The van der Waals surface area contributed by atoms with Crippen LogP contribution in [-0.4, -0.2) is 56.1 Å². The number of piperidine rings is 1. The highest BCUT2D eigenvalue weighted by molar-refractivity contribution is 5.92. The summed E-state index contributed by atoms with van der Waals surface area (Å²) in [4.78, 5) is 23.7.